The molecule has 0 amide bonds. The maximum atomic E-state index is 10.6. The van der Waals surface area contributed by atoms with Gasteiger partial charge in [-0.2, -0.15) is 0 Å². The van der Waals surface area contributed by atoms with E-state index in [1.165, 1.54) is 0 Å². The molecule has 0 bridgehead atoms. The molecular formula is C7H10B2O4. The summed E-state index contributed by atoms with van der Waals surface area (Å²) >= 11 is 0. The van der Waals surface area contributed by atoms with Gasteiger partial charge in [-0.05, 0) is 5.92 Å². The van der Waals surface area contributed by atoms with Gasteiger partial charge < -0.3 is 14.9 Å². The Morgan fingerprint density at radius 3 is 2.54 bits per heavy atom. The number of carbonyl (C=O) groups is 1. The van der Waals surface area contributed by atoms with E-state index in [2.05, 4.69) is 0 Å². The fraction of sp³-hybridized carbons (Fsp3) is 0.857. The van der Waals surface area contributed by atoms with Gasteiger partial charge >= 0.3 is 5.97 Å². The zero-order valence-electron chi connectivity index (χ0n) is 7.30. The zero-order valence-corrected chi connectivity index (χ0v) is 7.30. The van der Waals surface area contributed by atoms with Crippen LogP contribution in [0.3, 0.4) is 0 Å². The van der Waals surface area contributed by atoms with Crippen LogP contribution in [0.15, 0.2) is 0 Å². The fourth-order valence-electron chi connectivity index (χ4n) is 1.27. The van der Waals surface area contributed by atoms with E-state index < -0.39 is 23.6 Å². The molecule has 1 rings (SSSR count). The van der Waals surface area contributed by atoms with Crippen LogP contribution in [0.25, 0.3) is 0 Å². The number of rotatable bonds is 1. The maximum absolute atomic E-state index is 10.6. The van der Waals surface area contributed by atoms with Crippen molar-refractivity contribution >= 4 is 21.7 Å². The molecule has 0 aliphatic carbocycles. The van der Waals surface area contributed by atoms with Crippen LogP contribution in [0.2, 0.25) is 5.82 Å². The Morgan fingerprint density at radius 1 is 1.62 bits per heavy atom. The Morgan fingerprint density at radius 2 is 2.15 bits per heavy atom. The van der Waals surface area contributed by atoms with Crippen LogP contribution in [0, 0.1) is 5.92 Å². The van der Waals surface area contributed by atoms with Gasteiger partial charge in [-0.3, -0.25) is 0 Å². The zero-order chi connectivity index (χ0) is 10.2. The number of hydrogen-bond donors (Lipinski definition) is 2. The summed E-state index contributed by atoms with van der Waals surface area (Å²) < 4.78 is 4.77. The molecule has 4 atom stereocenters. The van der Waals surface area contributed by atoms with Crippen LogP contribution in [-0.4, -0.2) is 43.7 Å². The molecule has 0 aromatic carbocycles. The van der Waals surface area contributed by atoms with Gasteiger partial charge in [0.1, 0.15) is 7.85 Å². The molecule has 0 aromatic rings. The summed E-state index contributed by atoms with van der Waals surface area (Å²) in [5.74, 6) is -4.32. The third-order valence-corrected chi connectivity index (χ3v) is 2.37. The summed E-state index contributed by atoms with van der Waals surface area (Å²) in [5, 5.41) is 18.1. The van der Waals surface area contributed by atoms with Crippen LogP contribution < -0.4 is 0 Å². The van der Waals surface area contributed by atoms with Gasteiger partial charge in [0.25, 0.3) is 5.79 Å². The minimum absolute atomic E-state index is 0.142. The normalized spacial score (nSPS) is 45.8. The van der Waals surface area contributed by atoms with Crippen LogP contribution in [-0.2, 0) is 9.53 Å². The SMILES string of the molecule is [B][C@@H]1CC(O)(C(=O)O)O[C@H]([B])[C@@H]1C. The van der Waals surface area contributed by atoms with Gasteiger partial charge in [0.05, 0.1) is 7.85 Å². The van der Waals surface area contributed by atoms with Gasteiger partial charge in [0, 0.05) is 12.4 Å². The number of carboxylic acid groups (broad SMARTS) is 1. The van der Waals surface area contributed by atoms with E-state index in [4.69, 9.17) is 25.5 Å². The quantitative estimate of drug-likeness (QED) is 0.521. The van der Waals surface area contributed by atoms with E-state index in [0.717, 1.165) is 0 Å². The number of ether oxygens (including phenoxy) is 1. The highest BCUT2D eigenvalue weighted by Gasteiger charge is 2.46. The number of carboxylic acids is 1. The first kappa shape index (κ1) is 10.6. The molecule has 0 aromatic heterocycles. The lowest BCUT2D eigenvalue weighted by Gasteiger charge is -2.41. The molecular weight excluding hydrogens is 170 g/mol. The van der Waals surface area contributed by atoms with E-state index >= 15 is 0 Å². The largest absolute Gasteiger partial charge is 0.477 e. The first-order chi connectivity index (χ1) is 5.87. The minimum Gasteiger partial charge on any atom is -0.477 e. The Balaban J connectivity index is 2.79. The number of aliphatic hydroxyl groups is 1. The second-order valence-electron chi connectivity index (χ2n) is 3.40. The number of aliphatic carboxylic acids is 1. The molecule has 4 radical (unpaired) electrons. The summed E-state index contributed by atoms with van der Waals surface area (Å²) in [7, 11) is 11.1. The van der Waals surface area contributed by atoms with Gasteiger partial charge in [0.2, 0.25) is 0 Å². The summed E-state index contributed by atoms with van der Waals surface area (Å²) in [4.78, 5) is 10.6. The van der Waals surface area contributed by atoms with Crippen molar-refractivity contribution in [2.45, 2.75) is 31.0 Å². The highest BCUT2D eigenvalue weighted by Crippen LogP contribution is 2.36. The second kappa shape index (κ2) is 3.35. The molecule has 6 heteroatoms. The van der Waals surface area contributed by atoms with Gasteiger partial charge in [-0.15, -0.1) is 0 Å². The monoisotopic (exact) mass is 180 g/mol. The smallest absolute Gasteiger partial charge is 0.364 e. The van der Waals surface area contributed by atoms with E-state index in [1.807, 2.05) is 0 Å². The average molecular weight is 180 g/mol. The average Bonchev–Trinajstić information content (AvgIpc) is 2.00. The third kappa shape index (κ3) is 1.89. The molecule has 68 valence electrons. The van der Waals surface area contributed by atoms with Gasteiger partial charge in [-0.1, -0.05) is 12.7 Å². The summed E-state index contributed by atoms with van der Waals surface area (Å²) in [5.41, 5.74) is 0. The van der Waals surface area contributed by atoms with Crippen LogP contribution in [0.5, 0.6) is 0 Å². The molecule has 0 spiro atoms. The molecule has 1 aliphatic heterocycles. The van der Waals surface area contributed by atoms with E-state index in [1.54, 1.807) is 6.92 Å². The number of hydrogen-bond acceptors (Lipinski definition) is 3. The van der Waals surface area contributed by atoms with Crippen molar-refractivity contribution in [2.24, 2.45) is 5.92 Å². The second-order valence-corrected chi connectivity index (χ2v) is 3.40. The molecule has 1 unspecified atom stereocenters. The Bertz CT molecular complexity index is 209. The molecule has 0 saturated carbocycles. The van der Waals surface area contributed by atoms with E-state index in [9.17, 15) is 9.90 Å². The Kier molecular flexibility index (Phi) is 2.73. The standard InChI is InChI=1S/C7H10B2O4/c1-3-4(8)2-7(12,6(10)11)13-5(3)9/h3-5,12H,2H2,1H3,(H,10,11)/t3-,4-,5+,7?/m1/s1. The lowest BCUT2D eigenvalue weighted by molar-refractivity contribution is -0.250. The van der Waals surface area contributed by atoms with Crippen molar-refractivity contribution in [1.29, 1.82) is 0 Å². The van der Waals surface area contributed by atoms with Crippen molar-refractivity contribution in [3.05, 3.63) is 0 Å². The first-order valence-electron chi connectivity index (χ1n) is 4.01. The molecule has 4 nitrogen and oxygen atoms in total. The highest BCUT2D eigenvalue weighted by molar-refractivity contribution is 6.15. The Labute approximate surface area is 79.1 Å². The summed E-state index contributed by atoms with van der Waals surface area (Å²) in [6.45, 7) is 1.75. The predicted octanol–water partition coefficient (Wildman–Crippen LogP) is -0.732. The topological polar surface area (TPSA) is 66.8 Å². The summed E-state index contributed by atoms with van der Waals surface area (Å²) in [6.07, 6.45) is -0.142. The molecule has 1 heterocycles. The lowest BCUT2D eigenvalue weighted by atomic mass is 9.65. The van der Waals surface area contributed by atoms with Crippen molar-refractivity contribution < 1.29 is 19.7 Å². The van der Waals surface area contributed by atoms with Crippen molar-refractivity contribution in [2.75, 3.05) is 0 Å². The van der Waals surface area contributed by atoms with Crippen LogP contribution in [0.1, 0.15) is 13.3 Å². The lowest BCUT2D eigenvalue weighted by Crippen LogP contribution is -2.52. The molecule has 1 fully saturated rings. The Hall–Kier alpha value is -0.480. The first-order valence-corrected chi connectivity index (χ1v) is 4.01. The third-order valence-electron chi connectivity index (χ3n) is 2.37. The molecule has 1 aliphatic rings. The van der Waals surface area contributed by atoms with Gasteiger partial charge in [0.15, 0.2) is 0 Å². The predicted molar refractivity (Wildman–Crippen MR) is 46.5 cm³/mol. The van der Waals surface area contributed by atoms with Crippen molar-refractivity contribution in [3.8, 4) is 0 Å². The summed E-state index contributed by atoms with van der Waals surface area (Å²) in [6, 6.07) is -0.843. The van der Waals surface area contributed by atoms with Gasteiger partial charge in [-0.25, -0.2) is 4.79 Å². The van der Waals surface area contributed by atoms with E-state index in [-0.39, 0.29) is 12.3 Å². The van der Waals surface area contributed by atoms with Crippen LogP contribution in [0.4, 0.5) is 0 Å². The van der Waals surface area contributed by atoms with E-state index in [0.29, 0.717) is 0 Å². The highest BCUT2D eigenvalue weighted by atomic mass is 16.7. The molecule has 1 saturated heterocycles. The molecule has 13 heavy (non-hydrogen) atoms. The maximum Gasteiger partial charge on any atom is 0.364 e. The fourth-order valence-corrected chi connectivity index (χ4v) is 1.27. The van der Waals surface area contributed by atoms with Crippen molar-refractivity contribution in [1.82, 2.24) is 0 Å². The van der Waals surface area contributed by atoms with Crippen LogP contribution >= 0.6 is 0 Å². The minimum atomic E-state index is -2.23. The molecule has 2 N–H and O–H groups in total. The van der Waals surface area contributed by atoms with Crippen molar-refractivity contribution in [3.63, 3.8) is 0 Å².